The summed E-state index contributed by atoms with van der Waals surface area (Å²) in [5, 5.41) is 2.70. The van der Waals surface area contributed by atoms with Gasteiger partial charge in [-0.15, -0.1) is 11.3 Å². The van der Waals surface area contributed by atoms with E-state index in [1.165, 1.54) is 11.3 Å². The lowest BCUT2D eigenvalue weighted by Gasteiger charge is -1.98. The Hall–Kier alpha value is -1.48. The number of ketones is 1. The molecule has 0 N–H and O–H groups in total. The van der Waals surface area contributed by atoms with Crippen molar-refractivity contribution in [2.75, 3.05) is 0 Å². The van der Waals surface area contributed by atoms with Gasteiger partial charge in [-0.3, -0.25) is 9.59 Å². The molecule has 0 bridgehead atoms. The van der Waals surface area contributed by atoms with Crippen molar-refractivity contribution in [2.24, 2.45) is 0 Å². The Morgan fingerprint density at radius 2 is 2.27 bits per heavy atom. The number of Topliss-reactive ketones (excluding diaryl/α,β-unsaturated/α-hetero) is 1. The van der Waals surface area contributed by atoms with Crippen molar-refractivity contribution in [1.29, 1.82) is 0 Å². The van der Waals surface area contributed by atoms with E-state index < -0.39 is 0 Å². The maximum Gasteiger partial charge on any atom is 0.162 e. The van der Waals surface area contributed by atoms with Gasteiger partial charge in [-0.05, 0) is 18.2 Å². The van der Waals surface area contributed by atoms with Gasteiger partial charge in [0.25, 0.3) is 0 Å². The molecule has 0 aliphatic rings. The van der Waals surface area contributed by atoms with Gasteiger partial charge in [0.15, 0.2) is 12.1 Å². The van der Waals surface area contributed by atoms with Gasteiger partial charge in [0, 0.05) is 33.0 Å². The highest BCUT2D eigenvalue weighted by atomic mass is 32.1. The third-order valence-electron chi connectivity index (χ3n) is 2.37. The Balaban J connectivity index is 2.62. The Morgan fingerprint density at radius 3 is 2.93 bits per heavy atom. The van der Waals surface area contributed by atoms with Crippen LogP contribution in [0.4, 0.5) is 0 Å². The summed E-state index contributed by atoms with van der Waals surface area (Å²) in [6.45, 7) is 1.83. The molecular weight excluding hydrogens is 208 g/mol. The molecule has 76 valence electrons. The number of carbonyl (C=O) groups excluding carboxylic acids is 2. The zero-order chi connectivity index (χ0) is 10.8. The van der Waals surface area contributed by atoms with Crippen LogP contribution in [0.2, 0.25) is 0 Å². The molecule has 1 aromatic heterocycles. The van der Waals surface area contributed by atoms with E-state index in [4.69, 9.17) is 0 Å². The molecule has 0 spiro atoms. The van der Waals surface area contributed by atoms with E-state index in [1.807, 2.05) is 24.4 Å². The number of hydrogen-bond donors (Lipinski definition) is 0. The zero-order valence-corrected chi connectivity index (χ0v) is 9.14. The number of carbonyl (C=O) groups is 2. The topological polar surface area (TPSA) is 34.1 Å². The fourth-order valence-electron chi connectivity index (χ4n) is 1.52. The third kappa shape index (κ3) is 1.70. The average molecular weight is 218 g/mol. The number of fused-ring (bicyclic) bond motifs is 1. The standard InChI is InChI=1S/C12H10O2S/c1-2-11(14)8-3-4-12-10(5-8)9(6-13)7-15-12/h3-7H,2H2,1H3. The molecule has 2 aromatic rings. The summed E-state index contributed by atoms with van der Waals surface area (Å²) in [5.74, 6) is 0.111. The lowest BCUT2D eigenvalue weighted by atomic mass is 10.1. The highest BCUT2D eigenvalue weighted by Crippen LogP contribution is 2.26. The van der Waals surface area contributed by atoms with Crippen LogP contribution in [0.5, 0.6) is 0 Å². The summed E-state index contributed by atoms with van der Waals surface area (Å²) in [6, 6.07) is 5.52. The minimum absolute atomic E-state index is 0.111. The maximum absolute atomic E-state index is 11.5. The summed E-state index contributed by atoms with van der Waals surface area (Å²) < 4.78 is 1.05. The van der Waals surface area contributed by atoms with Crippen molar-refractivity contribution in [2.45, 2.75) is 13.3 Å². The van der Waals surface area contributed by atoms with E-state index in [0.29, 0.717) is 17.5 Å². The Kier molecular flexibility index (Phi) is 2.64. The predicted molar refractivity (Wildman–Crippen MR) is 61.8 cm³/mol. The molecule has 0 saturated carbocycles. The summed E-state index contributed by atoms with van der Waals surface area (Å²) in [7, 11) is 0. The van der Waals surface area contributed by atoms with Gasteiger partial charge in [0.2, 0.25) is 0 Å². The molecule has 1 aromatic carbocycles. The number of thiophene rings is 1. The first-order valence-corrected chi connectivity index (χ1v) is 5.64. The fraction of sp³-hybridized carbons (Fsp3) is 0.167. The second-order valence-corrected chi connectivity index (χ2v) is 4.21. The van der Waals surface area contributed by atoms with E-state index in [-0.39, 0.29) is 5.78 Å². The molecule has 0 amide bonds. The van der Waals surface area contributed by atoms with Crippen LogP contribution >= 0.6 is 11.3 Å². The average Bonchev–Trinajstić information content (AvgIpc) is 2.69. The zero-order valence-electron chi connectivity index (χ0n) is 8.32. The molecule has 2 rings (SSSR count). The second-order valence-electron chi connectivity index (χ2n) is 3.30. The van der Waals surface area contributed by atoms with Gasteiger partial charge >= 0.3 is 0 Å². The normalized spacial score (nSPS) is 10.5. The summed E-state index contributed by atoms with van der Waals surface area (Å²) in [6.07, 6.45) is 1.32. The minimum Gasteiger partial charge on any atom is -0.298 e. The Bertz CT molecular complexity index is 525. The molecule has 15 heavy (non-hydrogen) atoms. The first-order chi connectivity index (χ1) is 7.26. The van der Waals surface area contributed by atoms with Crippen LogP contribution in [-0.4, -0.2) is 12.1 Å². The Labute approximate surface area is 91.5 Å². The molecule has 1 heterocycles. The molecule has 3 heteroatoms. The second kappa shape index (κ2) is 3.95. The van der Waals surface area contributed by atoms with Crippen LogP contribution in [0.3, 0.4) is 0 Å². The van der Waals surface area contributed by atoms with E-state index in [0.717, 1.165) is 16.4 Å². The first-order valence-electron chi connectivity index (χ1n) is 4.76. The van der Waals surface area contributed by atoms with Gasteiger partial charge in [0.1, 0.15) is 0 Å². The van der Waals surface area contributed by atoms with Crippen LogP contribution in [0, 0.1) is 0 Å². The van der Waals surface area contributed by atoms with Crippen molar-refractivity contribution >= 4 is 33.5 Å². The number of hydrogen-bond acceptors (Lipinski definition) is 3. The number of aldehydes is 1. The predicted octanol–water partition coefficient (Wildman–Crippen LogP) is 3.31. The van der Waals surface area contributed by atoms with Crippen molar-refractivity contribution in [1.82, 2.24) is 0 Å². The molecule has 0 unspecified atom stereocenters. The van der Waals surface area contributed by atoms with Gasteiger partial charge in [-0.25, -0.2) is 0 Å². The molecular formula is C12H10O2S. The van der Waals surface area contributed by atoms with E-state index in [1.54, 1.807) is 6.07 Å². The smallest absolute Gasteiger partial charge is 0.162 e. The molecule has 0 radical (unpaired) electrons. The molecule has 0 fully saturated rings. The quantitative estimate of drug-likeness (QED) is 0.585. The summed E-state index contributed by atoms with van der Waals surface area (Å²) in [4.78, 5) is 22.2. The Morgan fingerprint density at radius 1 is 1.47 bits per heavy atom. The van der Waals surface area contributed by atoms with Crippen LogP contribution in [-0.2, 0) is 0 Å². The largest absolute Gasteiger partial charge is 0.298 e. The van der Waals surface area contributed by atoms with E-state index >= 15 is 0 Å². The van der Waals surface area contributed by atoms with Crippen LogP contribution in [0.1, 0.15) is 34.1 Å². The third-order valence-corrected chi connectivity index (χ3v) is 3.36. The lowest BCUT2D eigenvalue weighted by Crippen LogP contribution is -1.95. The molecule has 0 aliphatic heterocycles. The molecule has 0 aliphatic carbocycles. The first kappa shape index (κ1) is 10.1. The van der Waals surface area contributed by atoms with Crippen LogP contribution in [0.15, 0.2) is 23.6 Å². The van der Waals surface area contributed by atoms with Gasteiger partial charge in [0.05, 0.1) is 0 Å². The lowest BCUT2D eigenvalue weighted by molar-refractivity contribution is 0.0987. The summed E-state index contributed by atoms with van der Waals surface area (Å²) in [5.41, 5.74) is 1.35. The SMILES string of the molecule is CCC(=O)c1ccc2scc(C=O)c2c1. The van der Waals surface area contributed by atoms with Gasteiger partial charge < -0.3 is 0 Å². The van der Waals surface area contributed by atoms with Crippen molar-refractivity contribution in [3.05, 3.63) is 34.7 Å². The van der Waals surface area contributed by atoms with E-state index in [9.17, 15) is 9.59 Å². The summed E-state index contributed by atoms with van der Waals surface area (Å²) >= 11 is 1.52. The van der Waals surface area contributed by atoms with Gasteiger partial charge in [-0.1, -0.05) is 6.92 Å². The minimum atomic E-state index is 0.111. The van der Waals surface area contributed by atoms with Crippen LogP contribution in [0.25, 0.3) is 10.1 Å². The van der Waals surface area contributed by atoms with Crippen LogP contribution < -0.4 is 0 Å². The maximum atomic E-state index is 11.5. The van der Waals surface area contributed by atoms with Crippen molar-refractivity contribution in [3.63, 3.8) is 0 Å². The monoisotopic (exact) mass is 218 g/mol. The highest BCUT2D eigenvalue weighted by Gasteiger charge is 2.07. The molecule has 0 saturated heterocycles. The van der Waals surface area contributed by atoms with Gasteiger partial charge in [-0.2, -0.15) is 0 Å². The molecule has 0 atom stereocenters. The molecule has 2 nitrogen and oxygen atoms in total. The van der Waals surface area contributed by atoms with E-state index in [2.05, 4.69) is 0 Å². The van der Waals surface area contributed by atoms with Crippen molar-refractivity contribution < 1.29 is 9.59 Å². The number of rotatable bonds is 3. The fourth-order valence-corrected chi connectivity index (χ4v) is 2.40. The number of benzene rings is 1. The highest BCUT2D eigenvalue weighted by molar-refractivity contribution is 7.17. The van der Waals surface area contributed by atoms with Crippen molar-refractivity contribution in [3.8, 4) is 0 Å².